The second kappa shape index (κ2) is 6.53. The number of aromatic hydroxyl groups is 2. The first kappa shape index (κ1) is 16.7. The van der Waals surface area contributed by atoms with Crippen molar-refractivity contribution in [1.82, 2.24) is 0 Å². The largest absolute Gasteiger partial charge is 0.504 e. The molecule has 0 unspecified atom stereocenters. The van der Waals surface area contributed by atoms with Gasteiger partial charge in [0.25, 0.3) is 0 Å². The Bertz CT molecular complexity index is 1060. The predicted octanol–water partition coefficient (Wildman–Crippen LogP) is 4.81. The summed E-state index contributed by atoms with van der Waals surface area (Å²) in [6, 6.07) is 17.6. The van der Waals surface area contributed by atoms with Gasteiger partial charge < -0.3 is 19.7 Å². The van der Waals surface area contributed by atoms with Crippen LogP contribution < -0.4 is 9.47 Å². The second-order valence-corrected chi connectivity index (χ2v) is 6.24. The zero-order valence-corrected chi connectivity index (χ0v) is 14.5. The highest BCUT2D eigenvalue weighted by molar-refractivity contribution is 6.15. The van der Waals surface area contributed by atoms with E-state index in [0.29, 0.717) is 17.1 Å². The van der Waals surface area contributed by atoms with Crippen LogP contribution in [-0.2, 0) is 0 Å². The predicted molar refractivity (Wildman–Crippen MR) is 100 cm³/mol. The van der Waals surface area contributed by atoms with E-state index < -0.39 is 5.75 Å². The van der Waals surface area contributed by atoms with Crippen LogP contribution in [0.4, 0.5) is 0 Å². The quantitative estimate of drug-likeness (QED) is 0.518. The Morgan fingerprint density at radius 3 is 2.52 bits per heavy atom. The molecule has 0 saturated carbocycles. The number of benzene rings is 3. The number of fused-ring (bicyclic) bond motifs is 1. The van der Waals surface area contributed by atoms with Crippen molar-refractivity contribution < 1.29 is 24.5 Å². The number of Topliss-reactive ketones (excluding diaryl/α,β-unsaturated/α-hetero) is 1. The first-order valence-corrected chi connectivity index (χ1v) is 8.35. The molecule has 5 heteroatoms. The van der Waals surface area contributed by atoms with E-state index in [9.17, 15) is 15.0 Å². The monoisotopic (exact) mass is 360 g/mol. The van der Waals surface area contributed by atoms with Crippen LogP contribution in [-0.4, -0.2) is 16.0 Å². The van der Waals surface area contributed by atoms with Gasteiger partial charge in [0.05, 0.1) is 5.56 Å². The summed E-state index contributed by atoms with van der Waals surface area (Å²) in [5, 5.41) is 19.4. The van der Waals surface area contributed by atoms with Crippen molar-refractivity contribution in [2.45, 2.75) is 6.92 Å². The van der Waals surface area contributed by atoms with Gasteiger partial charge in [-0.05, 0) is 55.0 Å². The van der Waals surface area contributed by atoms with Gasteiger partial charge in [-0.15, -0.1) is 0 Å². The van der Waals surface area contributed by atoms with Crippen LogP contribution in [0.15, 0.2) is 66.4 Å². The Labute approximate surface area is 155 Å². The number of hydrogen-bond donors (Lipinski definition) is 2. The van der Waals surface area contributed by atoms with Gasteiger partial charge in [-0.25, -0.2) is 0 Å². The normalized spacial score (nSPS) is 14.1. The van der Waals surface area contributed by atoms with Crippen LogP contribution >= 0.6 is 0 Å². The van der Waals surface area contributed by atoms with Gasteiger partial charge in [0.1, 0.15) is 11.5 Å². The molecule has 1 aliphatic rings. The molecular weight excluding hydrogens is 344 g/mol. The number of carbonyl (C=O) groups excluding carboxylic acids is 1. The highest BCUT2D eigenvalue weighted by atomic mass is 16.5. The first-order chi connectivity index (χ1) is 13.0. The van der Waals surface area contributed by atoms with Gasteiger partial charge in [0.15, 0.2) is 17.3 Å². The maximum atomic E-state index is 12.5. The summed E-state index contributed by atoms with van der Waals surface area (Å²) in [7, 11) is 0. The minimum Gasteiger partial charge on any atom is -0.504 e. The molecule has 0 fully saturated rings. The number of ketones is 1. The molecule has 1 aliphatic heterocycles. The van der Waals surface area contributed by atoms with E-state index in [1.54, 1.807) is 12.1 Å². The van der Waals surface area contributed by atoms with Gasteiger partial charge in [-0.3, -0.25) is 4.79 Å². The molecule has 2 N–H and O–H groups in total. The third kappa shape index (κ3) is 3.22. The zero-order chi connectivity index (χ0) is 19.0. The fraction of sp³-hybridized carbons (Fsp3) is 0.0455. The van der Waals surface area contributed by atoms with Gasteiger partial charge in [-0.2, -0.15) is 0 Å². The van der Waals surface area contributed by atoms with Crippen LogP contribution in [0.1, 0.15) is 21.5 Å². The summed E-state index contributed by atoms with van der Waals surface area (Å²) in [6.45, 7) is 2.00. The fourth-order valence-corrected chi connectivity index (χ4v) is 2.79. The molecule has 0 saturated heterocycles. The molecule has 0 amide bonds. The lowest BCUT2D eigenvalue weighted by Gasteiger charge is -2.07. The molecule has 3 aromatic carbocycles. The molecule has 1 heterocycles. The van der Waals surface area contributed by atoms with Crippen LogP contribution in [0.25, 0.3) is 6.08 Å². The molecule has 3 aromatic rings. The summed E-state index contributed by atoms with van der Waals surface area (Å²) in [5.74, 6) is 0.238. The number of phenols is 2. The minimum absolute atomic E-state index is 0.0293. The molecule has 0 spiro atoms. The Morgan fingerprint density at radius 1 is 0.963 bits per heavy atom. The Morgan fingerprint density at radius 2 is 1.74 bits per heavy atom. The maximum Gasteiger partial charge on any atom is 0.232 e. The summed E-state index contributed by atoms with van der Waals surface area (Å²) < 4.78 is 11.3. The fourth-order valence-electron chi connectivity index (χ4n) is 2.79. The highest BCUT2D eigenvalue weighted by Gasteiger charge is 2.31. The van der Waals surface area contributed by atoms with Crippen LogP contribution in [0.3, 0.4) is 0 Å². The van der Waals surface area contributed by atoms with E-state index in [1.807, 2.05) is 49.4 Å². The summed E-state index contributed by atoms with van der Waals surface area (Å²) in [4.78, 5) is 12.5. The smallest absolute Gasteiger partial charge is 0.232 e. The van der Waals surface area contributed by atoms with Gasteiger partial charge >= 0.3 is 0 Å². The maximum absolute atomic E-state index is 12.5. The van der Waals surface area contributed by atoms with E-state index >= 15 is 0 Å². The van der Waals surface area contributed by atoms with Gasteiger partial charge in [0, 0.05) is 0 Å². The lowest BCUT2D eigenvalue weighted by Crippen LogP contribution is -1.98. The molecule has 27 heavy (non-hydrogen) atoms. The SMILES string of the molecule is Cc1ccc(Oc2cccc(/C=C3/Oc4c(ccc(O)c4O)C3=O)c2)cc1. The molecule has 0 atom stereocenters. The van der Waals surface area contributed by atoms with Crippen LogP contribution in [0, 0.1) is 6.92 Å². The van der Waals surface area contributed by atoms with Crippen molar-refractivity contribution in [2.75, 3.05) is 0 Å². The number of carbonyl (C=O) groups is 1. The van der Waals surface area contributed by atoms with Crippen molar-refractivity contribution in [3.05, 3.63) is 83.1 Å². The zero-order valence-electron chi connectivity index (χ0n) is 14.5. The lowest BCUT2D eigenvalue weighted by atomic mass is 10.1. The Kier molecular flexibility index (Phi) is 4.05. The van der Waals surface area contributed by atoms with E-state index in [4.69, 9.17) is 9.47 Å². The summed E-state index contributed by atoms with van der Waals surface area (Å²) in [6.07, 6.45) is 1.57. The third-order valence-electron chi connectivity index (χ3n) is 4.20. The summed E-state index contributed by atoms with van der Waals surface area (Å²) >= 11 is 0. The van der Waals surface area contributed by atoms with E-state index in [2.05, 4.69) is 0 Å². The number of aryl methyl sites for hydroxylation is 1. The van der Waals surface area contributed by atoms with Crippen molar-refractivity contribution in [3.8, 4) is 28.7 Å². The molecular formula is C22H16O5. The van der Waals surface area contributed by atoms with Gasteiger partial charge in [0.2, 0.25) is 11.5 Å². The topological polar surface area (TPSA) is 76.0 Å². The molecule has 5 nitrogen and oxygen atoms in total. The molecule has 0 radical (unpaired) electrons. The summed E-state index contributed by atoms with van der Waals surface area (Å²) in [5.41, 5.74) is 2.06. The highest BCUT2D eigenvalue weighted by Crippen LogP contribution is 2.44. The molecule has 0 bridgehead atoms. The van der Waals surface area contributed by atoms with Gasteiger partial charge in [-0.1, -0.05) is 29.8 Å². The molecule has 4 rings (SSSR count). The van der Waals surface area contributed by atoms with Crippen molar-refractivity contribution in [3.63, 3.8) is 0 Å². The third-order valence-corrected chi connectivity index (χ3v) is 4.20. The number of allylic oxidation sites excluding steroid dienone is 1. The molecule has 0 aliphatic carbocycles. The van der Waals surface area contributed by atoms with Crippen molar-refractivity contribution in [2.24, 2.45) is 0 Å². The second-order valence-electron chi connectivity index (χ2n) is 6.24. The molecule has 134 valence electrons. The Hall–Kier alpha value is -3.73. The van der Waals surface area contributed by atoms with E-state index in [1.165, 1.54) is 12.1 Å². The number of rotatable bonds is 3. The minimum atomic E-state index is -0.444. The lowest BCUT2D eigenvalue weighted by molar-refractivity contribution is 0.101. The van der Waals surface area contributed by atoms with E-state index in [-0.39, 0.29) is 28.6 Å². The van der Waals surface area contributed by atoms with Crippen LogP contribution in [0.2, 0.25) is 0 Å². The van der Waals surface area contributed by atoms with Crippen LogP contribution in [0.5, 0.6) is 28.7 Å². The Balaban J connectivity index is 1.60. The number of hydrogen-bond acceptors (Lipinski definition) is 5. The molecule has 0 aromatic heterocycles. The average Bonchev–Trinajstić information content (AvgIpc) is 2.97. The number of phenolic OH excluding ortho intramolecular Hbond substituents is 2. The standard InChI is InChI=1S/C22H16O5/c1-13-5-7-15(8-6-13)26-16-4-2-3-14(11-16)12-19-20(24)17-9-10-18(23)21(25)22(17)27-19/h2-12,23,25H,1H3/b19-12+. The number of ether oxygens (including phenoxy) is 2. The van der Waals surface area contributed by atoms with E-state index in [0.717, 1.165) is 5.56 Å². The first-order valence-electron chi connectivity index (χ1n) is 8.35. The average molecular weight is 360 g/mol. The van der Waals surface area contributed by atoms with Crippen molar-refractivity contribution in [1.29, 1.82) is 0 Å². The van der Waals surface area contributed by atoms with Crippen molar-refractivity contribution >= 4 is 11.9 Å².